The largest absolute Gasteiger partial charge is 0.310 e. The topological polar surface area (TPSA) is 12.0 Å². The zero-order valence-electron chi connectivity index (χ0n) is 10.7. The number of nitrogens with one attached hydrogen (secondary N) is 1. The molecule has 1 aliphatic carbocycles. The Labute approximate surface area is 99.3 Å². The van der Waals surface area contributed by atoms with Crippen molar-refractivity contribution in [3.05, 3.63) is 34.9 Å². The highest BCUT2D eigenvalue weighted by Gasteiger charge is 2.35. The van der Waals surface area contributed by atoms with E-state index in [-0.39, 0.29) is 0 Å². The standard InChI is InChI=1S/C15H23N/c1-4-6-13-9-15(13)16-10-14-8-5-7-11(2)12(14)3/h5,7-8,13,15-16H,4,6,9-10H2,1-3H3. The molecule has 16 heavy (non-hydrogen) atoms. The van der Waals surface area contributed by atoms with Gasteiger partial charge < -0.3 is 5.32 Å². The summed E-state index contributed by atoms with van der Waals surface area (Å²) in [6.07, 6.45) is 4.11. The van der Waals surface area contributed by atoms with Crippen LogP contribution in [-0.4, -0.2) is 6.04 Å². The predicted octanol–water partition coefficient (Wildman–Crippen LogP) is 3.58. The molecule has 2 rings (SSSR count). The molecule has 1 aliphatic rings. The summed E-state index contributed by atoms with van der Waals surface area (Å²) in [5, 5.41) is 3.68. The molecule has 2 unspecified atom stereocenters. The molecule has 0 aromatic heterocycles. The van der Waals surface area contributed by atoms with Crippen molar-refractivity contribution in [2.24, 2.45) is 5.92 Å². The number of rotatable bonds is 5. The number of benzene rings is 1. The molecule has 88 valence electrons. The number of hydrogen-bond acceptors (Lipinski definition) is 1. The average Bonchev–Trinajstić information content (AvgIpc) is 3.00. The van der Waals surface area contributed by atoms with Crippen molar-refractivity contribution >= 4 is 0 Å². The fraction of sp³-hybridized carbons (Fsp3) is 0.600. The van der Waals surface area contributed by atoms with Crippen molar-refractivity contribution in [2.45, 2.75) is 52.6 Å². The fourth-order valence-corrected chi connectivity index (χ4v) is 2.43. The van der Waals surface area contributed by atoms with E-state index in [2.05, 4.69) is 44.3 Å². The van der Waals surface area contributed by atoms with Crippen LogP contribution in [0.15, 0.2) is 18.2 Å². The molecule has 0 bridgehead atoms. The van der Waals surface area contributed by atoms with Crippen LogP contribution in [0.5, 0.6) is 0 Å². The van der Waals surface area contributed by atoms with Crippen LogP contribution >= 0.6 is 0 Å². The van der Waals surface area contributed by atoms with E-state index >= 15 is 0 Å². The highest BCUT2D eigenvalue weighted by atomic mass is 15.0. The Morgan fingerprint density at radius 1 is 1.31 bits per heavy atom. The second kappa shape index (κ2) is 5.01. The summed E-state index contributed by atoms with van der Waals surface area (Å²) in [5.41, 5.74) is 4.31. The van der Waals surface area contributed by atoms with E-state index in [0.29, 0.717) is 0 Å². The van der Waals surface area contributed by atoms with Crippen LogP contribution in [0, 0.1) is 19.8 Å². The van der Waals surface area contributed by atoms with Gasteiger partial charge in [0.05, 0.1) is 0 Å². The van der Waals surface area contributed by atoms with Gasteiger partial charge in [-0.3, -0.25) is 0 Å². The SMILES string of the molecule is CCCC1CC1NCc1cccc(C)c1C. The summed E-state index contributed by atoms with van der Waals surface area (Å²) in [6.45, 7) is 7.73. The normalized spacial score (nSPS) is 23.4. The van der Waals surface area contributed by atoms with Crippen molar-refractivity contribution in [2.75, 3.05) is 0 Å². The second-order valence-corrected chi connectivity index (χ2v) is 5.13. The molecule has 1 heteroatoms. The molecule has 1 nitrogen and oxygen atoms in total. The third-order valence-corrected chi connectivity index (χ3v) is 3.85. The summed E-state index contributed by atoms with van der Waals surface area (Å²) < 4.78 is 0. The van der Waals surface area contributed by atoms with Gasteiger partial charge in [-0.05, 0) is 49.3 Å². The van der Waals surface area contributed by atoms with E-state index < -0.39 is 0 Å². The lowest BCUT2D eigenvalue weighted by molar-refractivity contribution is 0.598. The Balaban J connectivity index is 1.84. The minimum absolute atomic E-state index is 0.792. The molecule has 0 radical (unpaired) electrons. The summed E-state index contributed by atoms with van der Waals surface area (Å²) in [6, 6.07) is 7.39. The van der Waals surface area contributed by atoms with Gasteiger partial charge in [-0.25, -0.2) is 0 Å². The zero-order valence-corrected chi connectivity index (χ0v) is 10.7. The third kappa shape index (κ3) is 2.65. The molecule has 1 N–H and O–H groups in total. The predicted molar refractivity (Wildman–Crippen MR) is 69.6 cm³/mol. The van der Waals surface area contributed by atoms with Crippen LogP contribution in [0.4, 0.5) is 0 Å². The molecule has 1 aromatic carbocycles. The smallest absolute Gasteiger partial charge is 0.0210 e. The zero-order chi connectivity index (χ0) is 11.5. The highest BCUT2D eigenvalue weighted by molar-refractivity contribution is 5.33. The summed E-state index contributed by atoms with van der Waals surface area (Å²) >= 11 is 0. The van der Waals surface area contributed by atoms with Crippen molar-refractivity contribution in [3.8, 4) is 0 Å². The first kappa shape index (κ1) is 11.7. The van der Waals surface area contributed by atoms with Gasteiger partial charge in [0.15, 0.2) is 0 Å². The van der Waals surface area contributed by atoms with Crippen LogP contribution in [0.2, 0.25) is 0 Å². The van der Waals surface area contributed by atoms with E-state index in [9.17, 15) is 0 Å². The lowest BCUT2D eigenvalue weighted by Gasteiger charge is -2.09. The lowest BCUT2D eigenvalue weighted by Crippen LogP contribution is -2.18. The molecule has 1 saturated carbocycles. The molecule has 2 atom stereocenters. The van der Waals surface area contributed by atoms with Gasteiger partial charge in [0.2, 0.25) is 0 Å². The lowest BCUT2D eigenvalue weighted by atomic mass is 10.0. The molecule has 1 aromatic rings. The van der Waals surface area contributed by atoms with E-state index in [1.165, 1.54) is 36.0 Å². The van der Waals surface area contributed by atoms with E-state index in [0.717, 1.165) is 18.5 Å². The molecule has 0 amide bonds. The van der Waals surface area contributed by atoms with Crippen LogP contribution < -0.4 is 5.32 Å². The van der Waals surface area contributed by atoms with E-state index in [1.807, 2.05) is 0 Å². The molecule has 1 fully saturated rings. The minimum atomic E-state index is 0.792. The van der Waals surface area contributed by atoms with Crippen LogP contribution in [0.25, 0.3) is 0 Å². The first-order chi connectivity index (χ1) is 7.72. The molecular weight excluding hydrogens is 194 g/mol. The minimum Gasteiger partial charge on any atom is -0.310 e. The van der Waals surface area contributed by atoms with Crippen LogP contribution in [0.1, 0.15) is 42.9 Å². The quantitative estimate of drug-likeness (QED) is 0.795. The number of aryl methyl sites for hydroxylation is 1. The van der Waals surface area contributed by atoms with Gasteiger partial charge in [-0.1, -0.05) is 31.5 Å². The van der Waals surface area contributed by atoms with Gasteiger partial charge in [-0.15, -0.1) is 0 Å². The van der Waals surface area contributed by atoms with Gasteiger partial charge in [0.25, 0.3) is 0 Å². The summed E-state index contributed by atoms with van der Waals surface area (Å²) in [7, 11) is 0. The Hall–Kier alpha value is -0.820. The fourth-order valence-electron chi connectivity index (χ4n) is 2.43. The van der Waals surface area contributed by atoms with Crippen LogP contribution in [0.3, 0.4) is 0 Å². The Bertz CT molecular complexity index is 356. The maximum Gasteiger partial charge on any atom is 0.0210 e. The Morgan fingerprint density at radius 2 is 2.12 bits per heavy atom. The van der Waals surface area contributed by atoms with E-state index in [1.54, 1.807) is 0 Å². The third-order valence-electron chi connectivity index (χ3n) is 3.85. The molecule has 0 heterocycles. The van der Waals surface area contributed by atoms with E-state index in [4.69, 9.17) is 0 Å². The molecular formula is C15H23N. The average molecular weight is 217 g/mol. The first-order valence-corrected chi connectivity index (χ1v) is 6.50. The van der Waals surface area contributed by atoms with Crippen molar-refractivity contribution in [3.63, 3.8) is 0 Å². The van der Waals surface area contributed by atoms with Gasteiger partial charge >= 0.3 is 0 Å². The van der Waals surface area contributed by atoms with Crippen molar-refractivity contribution in [1.82, 2.24) is 5.32 Å². The summed E-state index contributed by atoms with van der Waals surface area (Å²) in [5.74, 6) is 0.954. The highest BCUT2D eigenvalue weighted by Crippen LogP contribution is 2.34. The van der Waals surface area contributed by atoms with Crippen molar-refractivity contribution in [1.29, 1.82) is 0 Å². The van der Waals surface area contributed by atoms with Gasteiger partial charge in [0, 0.05) is 12.6 Å². The maximum absolute atomic E-state index is 3.68. The molecule has 0 aliphatic heterocycles. The van der Waals surface area contributed by atoms with Crippen LogP contribution in [-0.2, 0) is 6.54 Å². The molecule has 0 spiro atoms. The Kier molecular flexibility index (Phi) is 3.65. The van der Waals surface area contributed by atoms with Gasteiger partial charge in [0.1, 0.15) is 0 Å². The maximum atomic E-state index is 3.68. The second-order valence-electron chi connectivity index (χ2n) is 5.13. The van der Waals surface area contributed by atoms with Crippen molar-refractivity contribution < 1.29 is 0 Å². The summed E-state index contributed by atoms with van der Waals surface area (Å²) in [4.78, 5) is 0. The van der Waals surface area contributed by atoms with Gasteiger partial charge in [-0.2, -0.15) is 0 Å². The first-order valence-electron chi connectivity index (χ1n) is 6.50. The monoisotopic (exact) mass is 217 g/mol. The Morgan fingerprint density at radius 3 is 2.88 bits per heavy atom. The molecule has 0 saturated heterocycles. The number of hydrogen-bond donors (Lipinski definition) is 1.